The maximum Gasteiger partial charge on any atom is 0.158 e. The van der Waals surface area contributed by atoms with E-state index in [0.29, 0.717) is 5.82 Å². The Labute approximate surface area is 82.8 Å². The number of nitrogen functional groups attached to an aromatic ring is 1. The van der Waals surface area contributed by atoms with Gasteiger partial charge in [-0.05, 0) is 12.1 Å². The van der Waals surface area contributed by atoms with Crippen LogP contribution in [0.1, 0.15) is 26.6 Å². The van der Waals surface area contributed by atoms with Gasteiger partial charge in [0.05, 0.1) is 0 Å². The number of nitrogens with two attached hydrogens (primary N) is 1. The molecule has 2 heterocycles. The van der Waals surface area contributed by atoms with E-state index in [9.17, 15) is 0 Å². The second-order valence-electron chi connectivity index (χ2n) is 4.41. The van der Waals surface area contributed by atoms with Gasteiger partial charge in [0.1, 0.15) is 5.82 Å². The van der Waals surface area contributed by atoms with Crippen LogP contribution in [0.2, 0.25) is 0 Å². The number of aromatic nitrogens is 3. The topological polar surface area (TPSA) is 56.2 Å². The van der Waals surface area contributed by atoms with E-state index < -0.39 is 0 Å². The zero-order valence-electron chi connectivity index (χ0n) is 8.65. The number of hydrogen-bond acceptors (Lipinski definition) is 3. The van der Waals surface area contributed by atoms with E-state index in [4.69, 9.17) is 5.73 Å². The maximum atomic E-state index is 5.77. The fourth-order valence-electron chi connectivity index (χ4n) is 1.24. The molecule has 0 aliphatic carbocycles. The number of nitrogens with zero attached hydrogens (tertiary/aromatic N) is 3. The van der Waals surface area contributed by atoms with E-state index in [2.05, 4.69) is 30.9 Å². The lowest BCUT2D eigenvalue weighted by molar-refractivity contribution is 0.546. The molecule has 0 aliphatic rings. The van der Waals surface area contributed by atoms with Crippen LogP contribution in [0, 0.1) is 0 Å². The van der Waals surface area contributed by atoms with Gasteiger partial charge in [-0.2, -0.15) is 4.52 Å². The molecule has 0 atom stereocenters. The molecule has 0 aliphatic heterocycles. The largest absolute Gasteiger partial charge is 0.384 e. The van der Waals surface area contributed by atoms with Gasteiger partial charge in [0, 0.05) is 5.41 Å². The van der Waals surface area contributed by atoms with Crippen molar-refractivity contribution in [2.45, 2.75) is 26.2 Å². The fraction of sp³-hybridized carbons (Fsp3) is 0.400. The summed E-state index contributed by atoms with van der Waals surface area (Å²) in [6.07, 6.45) is 0. The van der Waals surface area contributed by atoms with Crippen molar-refractivity contribution in [2.75, 3.05) is 5.73 Å². The molecule has 14 heavy (non-hydrogen) atoms. The Bertz CT molecular complexity index is 464. The first-order chi connectivity index (χ1) is 6.48. The minimum Gasteiger partial charge on any atom is -0.384 e. The molecular weight excluding hydrogens is 176 g/mol. The summed E-state index contributed by atoms with van der Waals surface area (Å²) in [5.74, 6) is 1.43. The van der Waals surface area contributed by atoms with Gasteiger partial charge in [-0.25, -0.2) is 4.98 Å². The lowest BCUT2D eigenvalue weighted by Crippen LogP contribution is -2.13. The van der Waals surface area contributed by atoms with Crippen LogP contribution in [0.3, 0.4) is 0 Å². The van der Waals surface area contributed by atoms with E-state index in [0.717, 1.165) is 11.5 Å². The average molecular weight is 190 g/mol. The second-order valence-corrected chi connectivity index (χ2v) is 4.41. The Hall–Kier alpha value is -1.58. The standard InChI is InChI=1S/C10H14N4/c1-10(2,3)9-12-8-6-4-5-7(11)14(8)13-9/h4-6H,11H2,1-3H3. The van der Waals surface area contributed by atoms with Crippen molar-refractivity contribution in [3.63, 3.8) is 0 Å². The van der Waals surface area contributed by atoms with Crippen molar-refractivity contribution in [1.82, 2.24) is 14.6 Å². The van der Waals surface area contributed by atoms with E-state index in [-0.39, 0.29) is 5.41 Å². The summed E-state index contributed by atoms with van der Waals surface area (Å²) in [5.41, 5.74) is 6.53. The molecule has 2 aromatic heterocycles. The Morgan fingerprint density at radius 3 is 2.57 bits per heavy atom. The van der Waals surface area contributed by atoms with Crippen LogP contribution < -0.4 is 5.73 Å². The Kier molecular flexibility index (Phi) is 1.74. The summed E-state index contributed by atoms with van der Waals surface area (Å²) in [6, 6.07) is 5.60. The van der Waals surface area contributed by atoms with E-state index >= 15 is 0 Å². The summed E-state index contributed by atoms with van der Waals surface area (Å²) < 4.78 is 1.67. The molecule has 2 aromatic rings. The van der Waals surface area contributed by atoms with Crippen LogP contribution in [0.4, 0.5) is 5.82 Å². The predicted octanol–water partition coefficient (Wildman–Crippen LogP) is 1.61. The molecule has 2 rings (SSSR count). The van der Waals surface area contributed by atoms with E-state index in [1.807, 2.05) is 18.2 Å². The predicted molar refractivity (Wildman–Crippen MR) is 56.1 cm³/mol. The van der Waals surface area contributed by atoms with Crippen LogP contribution in [-0.2, 0) is 5.41 Å². The zero-order chi connectivity index (χ0) is 10.3. The first kappa shape index (κ1) is 8.99. The number of anilines is 1. The highest BCUT2D eigenvalue weighted by atomic mass is 15.3. The molecular formula is C10H14N4. The van der Waals surface area contributed by atoms with Crippen molar-refractivity contribution < 1.29 is 0 Å². The third-order valence-corrected chi connectivity index (χ3v) is 2.06. The van der Waals surface area contributed by atoms with Crippen molar-refractivity contribution in [2.24, 2.45) is 0 Å². The number of hydrogen-bond donors (Lipinski definition) is 1. The van der Waals surface area contributed by atoms with Crippen LogP contribution in [0.5, 0.6) is 0 Å². The van der Waals surface area contributed by atoms with Gasteiger partial charge < -0.3 is 5.73 Å². The monoisotopic (exact) mass is 190 g/mol. The van der Waals surface area contributed by atoms with Crippen molar-refractivity contribution in [1.29, 1.82) is 0 Å². The van der Waals surface area contributed by atoms with Gasteiger partial charge >= 0.3 is 0 Å². The minimum absolute atomic E-state index is 0.0432. The van der Waals surface area contributed by atoms with Gasteiger partial charge in [0.15, 0.2) is 11.5 Å². The second kappa shape index (κ2) is 2.70. The quantitative estimate of drug-likeness (QED) is 0.686. The Balaban J connectivity index is 2.69. The molecule has 0 bridgehead atoms. The molecule has 0 radical (unpaired) electrons. The molecule has 0 saturated carbocycles. The molecule has 0 fully saturated rings. The Morgan fingerprint density at radius 2 is 2.00 bits per heavy atom. The highest BCUT2D eigenvalue weighted by Gasteiger charge is 2.19. The van der Waals surface area contributed by atoms with Gasteiger partial charge in [0.2, 0.25) is 0 Å². The third kappa shape index (κ3) is 1.32. The third-order valence-electron chi connectivity index (χ3n) is 2.06. The lowest BCUT2D eigenvalue weighted by atomic mass is 9.96. The molecule has 74 valence electrons. The summed E-state index contributed by atoms with van der Waals surface area (Å²) in [6.45, 7) is 6.24. The van der Waals surface area contributed by atoms with Crippen molar-refractivity contribution in [3.8, 4) is 0 Å². The van der Waals surface area contributed by atoms with Gasteiger partial charge in [-0.1, -0.05) is 26.8 Å². The molecule has 0 spiro atoms. The van der Waals surface area contributed by atoms with Crippen LogP contribution >= 0.6 is 0 Å². The molecule has 0 amide bonds. The minimum atomic E-state index is -0.0432. The van der Waals surface area contributed by atoms with E-state index in [1.165, 1.54) is 0 Å². The maximum absolute atomic E-state index is 5.77. The first-order valence-corrected chi connectivity index (χ1v) is 4.60. The fourth-order valence-corrected chi connectivity index (χ4v) is 1.24. The summed E-state index contributed by atoms with van der Waals surface area (Å²) >= 11 is 0. The summed E-state index contributed by atoms with van der Waals surface area (Å²) in [5, 5.41) is 4.36. The van der Waals surface area contributed by atoms with E-state index in [1.54, 1.807) is 4.52 Å². The number of fused-ring (bicyclic) bond motifs is 1. The molecule has 4 heteroatoms. The van der Waals surface area contributed by atoms with Gasteiger partial charge in [-0.15, -0.1) is 5.10 Å². The summed E-state index contributed by atoms with van der Waals surface area (Å²) in [7, 11) is 0. The van der Waals surface area contributed by atoms with Crippen LogP contribution in [0.15, 0.2) is 18.2 Å². The summed E-state index contributed by atoms with van der Waals surface area (Å²) in [4.78, 5) is 4.42. The molecule has 0 aromatic carbocycles. The molecule has 4 nitrogen and oxygen atoms in total. The number of pyridine rings is 1. The van der Waals surface area contributed by atoms with Gasteiger partial charge in [-0.3, -0.25) is 0 Å². The lowest BCUT2D eigenvalue weighted by Gasteiger charge is -2.11. The van der Waals surface area contributed by atoms with Crippen molar-refractivity contribution in [3.05, 3.63) is 24.0 Å². The first-order valence-electron chi connectivity index (χ1n) is 4.60. The van der Waals surface area contributed by atoms with Crippen molar-refractivity contribution >= 4 is 11.5 Å². The highest BCUT2D eigenvalue weighted by molar-refractivity contribution is 5.46. The van der Waals surface area contributed by atoms with Crippen LogP contribution in [0.25, 0.3) is 5.65 Å². The molecule has 0 unspecified atom stereocenters. The van der Waals surface area contributed by atoms with Gasteiger partial charge in [0.25, 0.3) is 0 Å². The van der Waals surface area contributed by atoms with Crippen LogP contribution in [-0.4, -0.2) is 14.6 Å². The number of rotatable bonds is 0. The smallest absolute Gasteiger partial charge is 0.158 e. The SMILES string of the molecule is CC(C)(C)c1nc2cccc(N)n2n1. The molecule has 0 saturated heterocycles. The Morgan fingerprint density at radius 1 is 1.29 bits per heavy atom. The average Bonchev–Trinajstić information content (AvgIpc) is 2.48. The zero-order valence-corrected chi connectivity index (χ0v) is 8.65. The molecule has 2 N–H and O–H groups in total. The normalized spacial score (nSPS) is 12.2. The highest BCUT2D eigenvalue weighted by Crippen LogP contribution is 2.19.